The molecule has 0 atom stereocenters. The zero-order valence-corrected chi connectivity index (χ0v) is 10.7. The molecule has 0 aliphatic carbocycles. The van der Waals surface area contributed by atoms with Crippen molar-refractivity contribution in [3.05, 3.63) is 58.4 Å². The first-order valence-corrected chi connectivity index (χ1v) is 5.77. The predicted octanol–water partition coefficient (Wildman–Crippen LogP) is 1.98. The molecule has 0 bridgehead atoms. The highest BCUT2D eigenvalue weighted by Gasteiger charge is 2.04. The molecule has 0 aliphatic heterocycles. The maximum Gasteiger partial charge on any atom is 0.269 e. The minimum atomic E-state index is -0.471. The van der Waals surface area contributed by atoms with Crippen molar-refractivity contribution in [2.45, 2.75) is 0 Å². The Morgan fingerprint density at radius 2 is 2.10 bits per heavy atom. The first-order chi connectivity index (χ1) is 9.56. The van der Waals surface area contributed by atoms with Crippen molar-refractivity contribution in [2.75, 3.05) is 5.32 Å². The number of imidazole rings is 1. The van der Waals surface area contributed by atoms with Gasteiger partial charge < -0.3 is 4.57 Å². The summed E-state index contributed by atoms with van der Waals surface area (Å²) in [6.45, 7) is 0. The molecule has 1 aromatic heterocycles. The average molecular weight is 272 g/mol. The molecule has 2 rings (SSSR count). The molecule has 1 amide bonds. The number of anilines is 1. The van der Waals surface area contributed by atoms with Crippen LogP contribution in [0.3, 0.4) is 0 Å². The number of aromatic nitrogens is 2. The Kier molecular flexibility index (Phi) is 3.90. The molecule has 102 valence electrons. The standard InChI is InChI=1S/C13H12N4O3/c1-16-9-8-14-13(16)15-12(18)7-4-10-2-5-11(6-3-10)17(19)20/h2-9H,1H3,(H,14,15,18)/b7-4+. The van der Waals surface area contributed by atoms with Crippen molar-refractivity contribution in [3.8, 4) is 0 Å². The van der Waals surface area contributed by atoms with E-state index >= 15 is 0 Å². The Balaban J connectivity index is 2.00. The normalized spacial score (nSPS) is 10.7. The minimum Gasteiger partial charge on any atom is -0.320 e. The van der Waals surface area contributed by atoms with Gasteiger partial charge in [-0.15, -0.1) is 0 Å². The van der Waals surface area contributed by atoms with Crippen LogP contribution in [0.4, 0.5) is 11.6 Å². The molecule has 1 heterocycles. The summed E-state index contributed by atoms with van der Waals surface area (Å²) in [5.74, 6) is 0.126. The summed E-state index contributed by atoms with van der Waals surface area (Å²) < 4.78 is 1.68. The molecular weight excluding hydrogens is 260 g/mol. The van der Waals surface area contributed by atoms with Crippen molar-refractivity contribution in [1.29, 1.82) is 0 Å². The van der Waals surface area contributed by atoms with Crippen molar-refractivity contribution in [1.82, 2.24) is 9.55 Å². The third-order valence-electron chi connectivity index (χ3n) is 2.59. The van der Waals surface area contributed by atoms with Crippen LogP contribution in [0.2, 0.25) is 0 Å². The van der Waals surface area contributed by atoms with E-state index in [4.69, 9.17) is 0 Å². The minimum absolute atomic E-state index is 0.0135. The number of nitro benzene ring substituents is 1. The van der Waals surface area contributed by atoms with Gasteiger partial charge >= 0.3 is 0 Å². The first kappa shape index (κ1) is 13.5. The molecule has 0 aliphatic rings. The van der Waals surface area contributed by atoms with Crippen LogP contribution in [0, 0.1) is 10.1 Å². The molecule has 0 spiro atoms. The number of hydrogen-bond acceptors (Lipinski definition) is 4. The van der Waals surface area contributed by atoms with Crippen LogP contribution in [0.1, 0.15) is 5.56 Å². The molecule has 1 aromatic carbocycles. The second kappa shape index (κ2) is 5.79. The van der Waals surface area contributed by atoms with Crippen LogP contribution < -0.4 is 5.32 Å². The summed E-state index contributed by atoms with van der Waals surface area (Å²) in [5.41, 5.74) is 0.713. The van der Waals surface area contributed by atoms with Crippen molar-refractivity contribution in [3.63, 3.8) is 0 Å². The van der Waals surface area contributed by atoms with Gasteiger partial charge in [0.2, 0.25) is 5.95 Å². The second-order valence-electron chi connectivity index (χ2n) is 4.03. The lowest BCUT2D eigenvalue weighted by molar-refractivity contribution is -0.384. The zero-order chi connectivity index (χ0) is 14.5. The van der Waals surface area contributed by atoms with Gasteiger partial charge in [-0.25, -0.2) is 4.98 Å². The van der Waals surface area contributed by atoms with Gasteiger partial charge in [-0.1, -0.05) is 0 Å². The number of hydrogen-bond donors (Lipinski definition) is 1. The molecule has 1 N–H and O–H groups in total. The Labute approximate surface area is 114 Å². The molecule has 7 heteroatoms. The lowest BCUT2D eigenvalue weighted by Crippen LogP contribution is -2.11. The van der Waals surface area contributed by atoms with Crippen LogP contribution in [0.25, 0.3) is 6.08 Å². The maximum absolute atomic E-state index is 11.7. The molecule has 0 saturated carbocycles. The van der Waals surface area contributed by atoms with Gasteiger partial charge in [0.1, 0.15) is 0 Å². The number of nitrogens with one attached hydrogen (secondary N) is 1. The smallest absolute Gasteiger partial charge is 0.269 e. The largest absolute Gasteiger partial charge is 0.320 e. The SMILES string of the molecule is Cn1ccnc1NC(=O)/C=C/c1ccc([N+](=O)[O-])cc1. The molecule has 0 saturated heterocycles. The van der Waals surface area contributed by atoms with Crippen LogP contribution in [0.15, 0.2) is 42.7 Å². The van der Waals surface area contributed by atoms with E-state index in [0.717, 1.165) is 0 Å². The maximum atomic E-state index is 11.7. The van der Waals surface area contributed by atoms with Gasteiger partial charge in [-0.2, -0.15) is 0 Å². The number of amides is 1. The first-order valence-electron chi connectivity index (χ1n) is 5.77. The topological polar surface area (TPSA) is 90.1 Å². The van der Waals surface area contributed by atoms with Crippen molar-refractivity contribution in [2.24, 2.45) is 7.05 Å². The van der Waals surface area contributed by atoms with E-state index in [1.165, 1.54) is 18.2 Å². The number of benzene rings is 1. The van der Waals surface area contributed by atoms with Crippen LogP contribution in [-0.4, -0.2) is 20.4 Å². The van der Waals surface area contributed by atoms with E-state index in [9.17, 15) is 14.9 Å². The predicted molar refractivity (Wildman–Crippen MR) is 74.0 cm³/mol. The van der Waals surface area contributed by atoms with Crippen molar-refractivity contribution >= 4 is 23.6 Å². The van der Waals surface area contributed by atoms with E-state index in [2.05, 4.69) is 10.3 Å². The summed E-state index contributed by atoms with van der Waals surface area (Å²) in [6, 6.07) is 5.91. The average Bonchev–Trinajstić information content (AvgIpc) is 2.82. The Hall–Kier alpha value is -2.96. The van der Waals surface area contributed by atoms with Crippen LogP contribution in [-0.2, 0) is 11.8 Å². The summed E-state index contributed by atoms with van der Waals surface area (Å²) in [6.07, 6.45) is 6.21. The van der Waals surface area contributed by atoms with Crippen LogP contribution in [0.5, 0.6) is 0 Å². The van der Waals surface area contributed by atoms with Gasteiger partial charge in [0.25, 0.3) is 11.6 Å². The molecule has 20 heavy (non-hydrogen) atoms. The quantitative estimate of drug-likeness (QED) is 0.523. The Bertz CT molecular complexity index is 659. The third-order valence-corrected chi connectivity index (χ3v) is 2.59. The van der Waals surface area contributed by atoms with Gasteiger partial charge in [-0.05, 0) is 23.8 Å². The summed E-state index contributed by atoms with van der Waals surface area (Å²) in [5, 5.41) is 13.1. The monoisotopic (exact) mass is 272 g/mol. The molecular formula is C13H12N4O3. The van der Waals surface area contributed by atoms with E-state index in [1.807, 2.05) is 0 Å². The van der Waals surface area contributed by atoms with E-state index < -0.39 is 4.92 Å². The number of nitrogens with zero attached hydrogens (tertiary/aromatic N) is 3. The number of carbonyl (C=O) groups is 1. The number of non-ortho nitro benzene ring substituents is 1. The fourth-order valence-electron chi connectivity index (χ4n) is 1.52. The fraction of sp³-hybridized carbons (Fsp3) is 0.0769. The molecule has 0 unspecified atom stereocenters. The lowest BCUT2D eigenvalue weighted by Gasteiger charge is -2.00. The molecule has 0 fully saturated rings. The molecule has 7 nitrogen and oxygen atoms in total. The highest BCUT2D eigenvalue weighted by molar-refractivity contribution is 6.00. The van der Waals surface area contributed by atoms with Gasteiger partial charge in [0.15, 0.2) is 0 Å². The number of nitro groups is 1. The summed E-state index contributed by atoms with van der Waals surface area (Å²) >= 11 is 0. The lowest BCUT2D eigenvalue weighted by atomic mass is 10.2. The van der Waals surface area contributed by atoms with E-state index in [-0.39, 0.29) is 11.6 Å². The summed E-state index contributed by atoms with van der Waals surface area (Å²) in [4.78, 5) is 25.6. The van der Waals surface area contributed by atoms with Gasteiger partial charge in [-0.3, -0.25) is 20.2 Å². The fourth-order valence-corrected chi connectivity index (χ4v) is 1.52. The molecule has 0 radical (unpaired) electrons. The Morgan fingerprint density at radius 3 is 2.65 bits per heavy atom. The second-order valence-corrected chi connectivity index (χ2v) is 4.03. The highest BCUT2D eigenvalue weighted by Crippen LogP contribution is 2.12. The van der Waals surface area contributed by atoms with E-state index in [0.29, 0.717) is 11.5 Å². The summed E-state index contributed by atoms with van der Waals surface area (Å²) in [7, 11) is 1.77. The van der Waals surface area contributed by atoms with Crippen LogP contribution >= 0.6 is 0 Å². The molecule has 2 aromatic rings. The third kappa shape index (κ3) is 3.29. The number of rotatable bonds is 4. The van der Waals surface area contributed by atoms with Crippen molar-refractivity contribution < 1.29 is 9.72 Å². The van der Waals surface area contributed by atoms with Gasteiger partial charge in [0, 0.05) is 37.7 Å². The highest BCUT2D eigenvalue weighted by atomic mass is 16.6. The Morgan fingerprint density at radius 1 is 1.40 bits per heavy atom. The van der Waals surface area contributed by atoms with E-state index in [1.54, 1.807) is 42.2 Å². The van der Waals surface area contributed by atoms with Gasteiger partial charge in [0.05, 0.1) is 4.92 Å². The number of aryl methyl sites for hydroxylation is 1. The number of carbonyl (C=O) groups excluding carboxylic acids is 1. The zero-order valence-electron chi connectivity index (χ0n) is 10.7.